The fraction of sp³-hybridized carbons (Fsp3) is 0.455. The number of anilines is 2. The minimum atomic E-state index is -0.376. The van der Waals surface area contributed by atoms with Crippen molar-refractivity contribution < 1.29 is 5.11 Å². The number of halogens is 1. The largest absolute Gasteiger partial charge is 0.399 e. The molecular formula is C11H17ClN2O. The minimum absolute atomic E-state index is 0.227. The Bertz CT molecular complexity index is 328. The maximum absolute atomic E-state index is 9.60. The van der Waals surface area contributed by atoms with E-state index in [4.69, 9.17) is 17.3 Å². The molecule has 0 fully saturated rings. The summed E-state index contributed by atoms with van der Waals surface area (Å²) in [6.07, 6.45) is -0.376. The summed E-state index contributed by atoms with van der Waals surface area (Å²) in [5.74, 6) is 0.227. The normalized spacial score (nSPS) is 12.9. The smallest absolute Gasteiger partial charge is 0.0735 e. The Labute approximate surface area is 95.2 Å². The topological polar surface area (TPSA) is 58.3 Å². The summed E-state index contributed by atoms with van der Waals surface area (Å²) in [5.41, 5.74) is 7.00. The lowest BCUT2D eigenvalue weighted by molar-refractivity contribution is 0.138. The second kappa shape index (κ2) is 5.24. The second-order valence-corrected chi connectivity index (χ2v) is 4.34. The van der Waals surface area contributed by atoms with Gasteiger partial charge in [-0.2, -0.15) is 0 Å². The third kappa shape index (κ3) is 3.61. The zero-order chi connectivity index (χ0) is 11.4. The molecule has 4 N–H and O–H groups in total. The molecule has 1 rings (SSSR count). The Balaban J connectivity index is 2.58. The van der Waals surface area contributed by atoms with Gasteiger partial charge in [0.1, 0.15) is 0 Å². The van der Waals surface area contributed by atoms with Gasteiger partial charge in [-0.15, -0.1) is 0 Å². The van der Waals surface area contributed by atoms with E-state index in [2.05, 4.69) is 5.32 Å². The van der Waals surface area contributed by atoms with Gasteiger partial charge in [0.05, 0.1) is 16.8 Å². The first-order chi connectivity index (χ1) is 7.00. The summed E-state index contributed by atoms with van der Waals surface area (Å²) in [5, 5.41) is 13.3. The summed E-state index contributed by atoms with van der Waals surface area (Å²) in [7, 11) is 0. The molecule has 0 aliphatic rings. The van der Waals surface area contributed by atoms with Crippen molar-refractivity contribution in [2.45, 2.75) is 20.0 Å². The Morgan fingerprint density at radius 3 is 2.67 bits per heavy atom. The predicted molar refractivity (Wildman–Crippen MR) is 65.2 cm³/mol. The fourth-order valence-electron chi connectivity index (χ4n) is 1.12. The minimum Gasteiger partial charge on any atom is -0.399 e. The first kappa shape index (κ1) is 12.1. The summed E-state index contributed by atoms with van der Waals surface area (Å²) in [6.45, 7) is 4.43. The molecule has 0 radical (unpaired) electrons. The number of benzene rings is 1. The molecule has 15 heavy (non-hydrogen) atoms. The molecule has 0 bridgehead atoms. The van der Waals surface area contributed by atoms with Crippen molar-refractivity contribution in [3.8, 4) is 0 Å². The molecule has 0 spiro atoms. The van der Waals surface area contributed by atoms with Crippen LogP contribution in [0.15, 0.2) is 18.2 Å². The molecule has 0 saturated heterocycles. The van der Waals surface area contributed by atoms with Gasteiger partial charge in [0.15, 0.2) is 0 Å². The van der Waals surface area contributed by atoms with E-state index in [1.807, 2.05) is 19.9 Å². The number of aliphatic hydroxyl groups excluding tert-OH is 1. The third-order valence-corrected chi connectivity index (χ3v) is 2.58. The van der Waals surface area contributed by atoms with Gasteiger partial charge >= 0.3 is 0 Å². The predicted octanol–water partition coefficient (Wildman–Crippen LogP) is 2.35. The van der Waals surface area contributed by atoms with Crippen molar-refractivity contribution in [3.63, 3.8) is 0 Å². The molecule has 1 aromatic rings. The molecule has 0 aliphatic carbocycles. The second-order valence-electron chi connectivity index (χ2n) is 3.93. The lowest BCUT2D eigenvalue weighted by Crippen LogP contribution is -2.24. The van der Waals surface area contributed by atoms with Gasteiger partial charge in [-0.25, -0.2) is 0 Å². The Hall–Kier alpha value is -0.930. The molecule has 84 valence electrons. The zero-order valence-corrected chi connectivity index (χ0v) is 9.75. The summed E-state index contributed by atoms with van der Waals surface area (Å²) in [6, 6.07) is 5.27. The molecule has 1 unspecified atom stereocenters. The van der Waals surface area contributed by atoms with Gasteiger partial charge in [0.2, 0.25) is 0 Å². The van der Waals surface area contributed by atoms with Crippen molar-refractivity contribution >= 4 is 23.0 Å². The van der Waals surface area contributed by atoms with Crippen LogP contribution in [0.25, 0.3) is 0 Å². The van der Waals surface area contributed by atoms with Crippen molar-refractivity contribution in [1.82, 2.24) is 0 Å². The molecule has 1 atom stereocenters. The van der Waals surface area contributed by atoms with Crippen molar-refractivity contribution in [2.24, 2.45) is 5.92 Å². The number of nitrogen functional groups attached to an aromatic ring is 1. The summed E-state index contributed by atoms with van der Waals surface area (Å²) < 4.78 is 0. The molecule has 3 nitrogen and oxygen atoms in total. The monoisotopic (exact) mass is 228 g/mol. The average molecular weight is 229 g/mol. The van der Waals surface area contributed by atoms with E-state index in [9.17, 15) is 5.11 Å². The number of rotatable bonds is 4. The number of nitrogens with two attached hydrogens (primary N) is 1. The average Bonchev–Trinajstić information content (AvgIpc) is 2.15. The lowest BCUT2D eigenvalue weighted by Gasteiger charge is -2.16. The highest BCUT2D eigenvalue weighted by atomic mass is 35.5. The summed E-state index contributed by atoms with van der Waals surface area (Å²) >= 11 is 5.97. The van der Waals surface area contributed by atoms with Crippen molar-refractivity contribution in [3.05, 3.63) is 23.2 Å². The molecule has 0 aromatic heterocycles. The van der Waals surface area contributed by atoms with Crippen LogP contribution in [0.4, 0.5) is 11.4 Å². The fourth-order valence-corrected chi connectivity index (χ4v) is 1.38. The van der Waals surface area contributed by atoms with E-state index in [0.717, 1.165) is 5.69 Å². The van der Waals surface area contributed by atoms with Crippen LogP contribution in [0.1, 0.15) is 13.8 Å². The lowest BCUT2D eigenvalue weighted by atomic mass is 10.1. The van der Waals surface area contributed by atoms with Crippen LogP contribution >= 0.6 is 11.6 Å². The zero-order valence-electron chi connectivity index (χ0n) is 9.00. The molecule has 0 amide bonds. The summed E-state index contributed by atoms with van der Waals surface area (Å²) in [4.78, 5) is 0. The molecule has 0 heterocycles. The molecule has 0 saturated carbocycles. The van der Waals surface area contributed by atoms with Gasteiger partial charge in [-0.3, -0.25) is 0 Å². The van der Waals surface area contributed by atoms with Gasteiger partial charge in [0.25, 0.3) is 0 Å². The van der Waals surface area contributed by atoms with Crippen LogP contribution in [0.2, 0.25) is 5.02 Å². The molecule has 1 aromatic carbocycles. The molecule has 0 aliphatic heterocycles. The maximum atomic E-state index is 9.60. The standard InChI is InChI=1S/C11H17ClN2O/c1-7(2)11(15)6-14-10-4-3-8(13)5-9(10)12/h3-5,7,11,14-15H,6,13H2,1-2H3. The number of hydrogen-bond acceptors (Lipinski definition) is 3. The van der Waals surface area contributed by atoms with E-state index < -0.39 is 0 Å². The first-order valence-corrected chi connectivity index (χ1v) is 5.35. The van der Waals surface area contributed by atoms with Crippen LogP contribution in [0.5, 0.6) is 0 Å². The van der Waals surface area contributed by atoms with E-state index in [-0.39, 0.29) is 12.0 Å². The highest BCUT2D eigenvalue weighted by molar-refractivity contribution is 6.33. The van der Waals surface area contributed by atoms with Crippen LogP contribution in [0.3, 0.4) is 0 Å². The Morgan fingerprint density at radius 2 is 2.13 bits per heavy atom. The van der Waals surface area contributed by atoms with Crippen LogP contribution in [-0.4, -0.2) is 17.8 Å². The SMILES string of the molecule is CC(C)C(O)CNc1ccc(N)cc1Cl. The van der Waals surface area contributed by atoms with Gasteiger partial charge in [-0.05, 0) is 24.1 Å². The number of nitrogens with one attached hydrogen (secondary N) is 1. The van der Waals surface area contributed by atoms with Crippen molar-refractivity contribution in [1.29, 1.82) is 0 Å². The van der Waals surface area contributed by atoms with E-state index in [0.29, 0.717) is 17.3 Å². The maximum Gasteiger partial charge on any atom is 0.0735 e. The number of hydrogen-bond donors (Lipinski definition) is 3. The first-order valence-electron chi connectivity index (χ1n) is 4.97. The number of aliphatic hydroxyl groups is 1. The third-order valence-electron chi connectivity index (χ3n) is 2.26. The van der Waals surface area contributed by atoms with Gasteiger partial charge in [-0.1, -0.05) is 25.4 Å². The van der Waals surface area contributed by atoms with E-state index in [1.165, 1.54) is 0 Å². The quantitative estimate of drug-likeness (QED) is 0.694. The van der Waals surface area contributed by atoms with E-state index in [1.54, 1.807) is 12.1 Å². The van der Waals surface area contributed by atoms with Gasteiger partial charge in [0, 0.05) is 12.2 Å². The highest BCUT2D eigenvalue weighted by Gasteiger charge is 2.09. The van der Waals surface area contributed by atoms with Crippen LogP contribution in [-0.2, 0) is 0 Å². The van der Waals surface area contributed by atoms with Crippen molar-refractivity contribution in [2.75, 3.05) is 17.6 Å². The molecular weight excluding hydrogens is 212 g/mol. The van der Waals surface area contributed by atoms with Crippen LogP contribution < -0.4 is 11.1 Å². The van der Waals surface area contributed by atoms with E-state index >= 15 is 0 Å². The Morgan fingerprint density at radius 1 is 1.47 bits per heavy atom. The van der Waals surface area contributed by atoms with Gasteiger partial charge < -0.3 is 16.2 Å². The van der Waals surface area contributed by atoms with Crippen LogP contribution in [0, 0.1) is 5.92 Å². The highest BCUT2D eigenvalue weighted by Crippen LogP contribution is 2.24. The Kier molecular flexibility index (Phi) is 4.24. The molecule has 4 heteroatoms.